The predicted molar refractivity (Wildman–Crippen MR) is 138 cm³/mol. The third-order valence-corrected chi connectivity index (χ3v) is 6.78. The van der Waals surface area contributed by atoms with E-state index in [1.807, 2.05) is 66.7 Å². The zero-order valence-electron chi connectivity index (χ0n) is 19.7. The maximum absolute atomic E-state index is 11.0. The molecule has 1 atom stereocenters. The molecule has 2 aromatic heterocycles. The highest BCUT2D eigenvalue weighted by molar-refractivity contribution is 5.93. The van der Waals surface area contributed by atoms with E-state index in [2.05, 4.69) is 10.1 Å². The molecule has 0 unspecified atom stereocenters. The Hall–Kier alpha value is -5.11. The molecule has 0 saturated heterocycles. The summed E-state index contributed by atoms with van der Waals surface area (Å²) in [5.41, 5.74) is 3.67. The molecule has 8 heteroatoms. The van der Waals surface area contributed by atoms with Gasteiger partial charge in [0.25, 0.3) is 0 Å². The van der Waals surface area contributed by atoms with Gasteiger partial charge in [-0.2, -0.15) is 0 Å². The van der Waals surface area contributed by atoms with Crippen LogP contribution in [-0.4, -0.2) is 36.9 Å². The monoisotopic (exact) mass is 488 g/mol. The molecule has 4 aromatic carbocycles. The van der Waals surface area contributed by atoms with Crippen molar-refractivity contribution in [3.05, 3.63) is 102 Å². The third kappa shape index (κ3) is 3.26. The molecule has 3 heterocycles. The number of phenolic OH excluding ortho intramolecular Hbond substituents is 2. The molecular weight excluding hydrogens is 468 g/mol. The second-order valence-electron chi connectivity index (χ2n) is 8.88. The van der Waals surface area contributed by atoms with Gasteiger partial charge in [-0.3, -0.25) is 0 Å². The largest absolute Gasteiger partial charge is 0.508 e. The van der Waals surface area contributed by atoms with Gasteiger partial charge >= 0.3 is 0 Å². The Morgan fingerprint density at radius 3 is 2.62 bits per heavy atom. The van der Waals surface area contributed by atoms with Crippen LogP contribution in [0, 0.1) is 0 Å². The number of hydrogen-bond acceptors (Lipinski definition) is 7. The molecular formula is C29H20N4O4. The normalized spacial score (nSPS) is 14.2. The molecule has 6 aromatic rings. The van der Waals surface area contributed by atoms with Crippen molar-refractivity contribution in [3.63, 3.8) is 0 Å². The van der Waals surface area contributed by atoms with Crippen molar-refractivity contribution in [2.75, 3.05) is 7.11 Å². The topological polar surface area (TPSA) is 102 Å². The van der Waals surface area contributed by atoms with Gasteiger partial charge in [-0.15, -0.1) is 5.10 Å². The summed E-state index contributed by atoms with van der Waals surface area (Å²) in [7, 11) is 1.63. The fourth-order valence-electron chi connectivity index (χ4n) is 5.00. The van der Waals surface area contributed by atoms with Crippen LogP contribution in [0.1, 0.15) is 22.6 Å². The van der Waals surface area contributed by atoms with Crippen LogP contribution < -0.4 is 9.47 Å². The lowest BCUT2D eigenvalue weighted by molar-refractivity contribution is 0.414. The lowest BCUT2D eigenvalue weighted by Gasteiger charge is -2.28. The molecule has 0 amide bonds. The van der Waals surface area contributed by atoms with Crippen LogP contribution in [-0.2, 0) is 0 Å². The Balaban J connectivity index is 1.46. The van der Waals surface area contributed by atoms with Crippen molar-refractivity contribution in [3.8, 4) is 40.3 Å². The first kappa shape index (κ1) is 21.2. The lowest BCUT2D eigenvalue weighted by atomic mass is 9.84. The minimum Gasteiger partial charge on any atom is -0.508 e. The van der Waals surface area contributed by atoms with Gasteiger partial charge in [0, 0.05) is 22.9 Å². The highest BCUT2D eigenvalue weighted by atomic mass is 16.5. The first-order chi connectivity index (χ1) is 18.1. The fourth-order valence-corrected chi connectivity index (χ4v) is 5.00. The average Bonchev–Trinajstić information content (AvgIpc) is 3.36. The molecule has 8 nitrogen and oxygen atoms in total. The molecule has 0 saturated carbocycles. The average molecular weight is 489 g/mol. The number of fused-ring (bicyclic) bond motifs is 5. The predicted octanol–water partition coefficient (Wildman–Crippen LogP) is 5.65. The summed E-state index contributed by atoms with van der Waals surface area (Å²) in [6, 6.07) is 24.3. The van der Waals surface area contributed by atoms with Gasteiger partial charge in [0.1, 0.15) is 29.3 Å². The van der Waals surface area contributed by atoms with Crippen molar-refractivity contribution >= 4 is 16.4 Å². The Morgan fingerprint density at radius 2 is 1.78 bits per heavy atom. The summed E-state index contributed by atoms with van der Waals surface area (Å²) in [4.78, 5) is 9.40. The van der Waals surface area contributed by atoms with E-state index in [1.165, 1.54) is 0 Å². The van der Waals surface area contributed by atoms with E-state index in [0.717, 1.165) is 33.2 Å². The number of hydrogen-bond donors (Lipinski definition) is 2. The quantitative estimate of drug-likeness (QED) is 0.331. The van der Waals surface area contributed by atoms with Crippen molar-refractivity contribution in [1.29, 1.82) is 0 Å². The highest BCUT2D eigenvalue weighted by Gasteiger charge is 2.34. The molecule has 0 spiro atoms. The summed E-state index contributed by atoms with van der Waals surface area (Å²) in [5.74, 6) is 1.97. The number of phenols is 2. The van der Waals surface area contributed by atoms with Crippen LogP contribution in [0.3, 0.4) is 0 Å². The number of aromatic nitrogens is 4. The summed E-state index contributed by atoms with van der Waals surface area (Å²) >= 11 is 0. The summed E-state index contributed by atoms with van der Waals surface area (Å²) in [6.07, 6.45) is 1.54. The van der Waals surface area contributed by atoms with Crippen LogP contribution in [0.5, 0.6) is 28.9 Å². The van der Waals surface area contributed by atoms with Crippen LogP contribution in [0.25, 0.3) is 27.8 Å². The Labute approximate surface area is 211 Å². The smallest absolute Gasteiger partial charge is 0.228 e. The lowest BCUT2D eigenvalue weighted by Crippen LogP contribution is -2.15. The van der Waals surface area contributed by atoms with E-state index in [-0.39, 0.29) is 17.4 Å². The van der Waals surface area contributed by atoms with Gasteiger partial charge in [-0.25, -0.2) is 14.5 Å². The van der Waals surface area contributed by atoms with Gasteiger partial charge in [-0.1, -0.05) is 48.5 Å². The molecule has 0 fully saturated rings. The number of rotatable bonds is 3. The van der Waals surface area contributed by atoms with Gasteiger partial charge in [0.15, 0.2) is 11.5 Å². The number of aromatic hydroxyl groups is 2. The maximum atomic E-state index is 11.0. The highest BCUT2D eigenvalue weighted by Crippen LogP contribution is 2.49. The summed E-state index contributed by atoms with van der Waals surface area (Å²) in [6.45, 7) is 0. The van der Waals surface area contributed by atoms with Gasteiger partial charge in [-0.05, 0) is 35.2 Å². The maximum Gasteiger partial charge on any atom is 0.228 e. The van der Waals surface area contributed by atoms with E-state index >= 15 is 0 Å². The molecule has 0 aliphatic carbocycles. The Kier molecular flexibility index (Phi) is 4.56. The summed E-state index contributed by atoms with van der Waals surface area (Å²) < 4.78 is 13.1. The number of methoxy groups -OCH3 is 1. The standard InChI is InChI=1S/C29H20N4O4/c1-36-19-10-6-17(7-11-19)24-21-13-9-18(34)14-23(21)37-29-25(24)28-31-27(32-33(28)15-30-29)22-12-8-16-4-2-3-5-20(16)26(22)35/h2-15,24,34-35H,1H3/t24-/m0/s1. The van der Waals surface area contributed by atoms with Crippen LogP contribution in [0.15, 0.2) is 85.2 Å². The molecule has 7 rings (SSSR count). The van der Waals surface area contributed by atoms with E-state index < -0.39 is 0 Å². The minimum atomic E-state index is -0.288. The molecule has 37 heavy (non-hydrogen) atoms. The van der Waals surface area contributed by atoms with Crippen LogP contribution >= 0.6 is 0 Å². The first-order valence-electron chi connectivity index (χ1n) is 11.7. The molecule has 1 aliphatic rings. The minimum absolute atomic E-state index is 0.105. The molecule has 2 N–H and O–H groups in total. The number of ether oxygens (including phenoxy) is 2. The van der Waals surface area contributed by atoms with Crippen molar-refractivity contribution in [2.24, 2.45) is 0 Å². The van der Waals surface area contributed by atoms with Gasteiger partial charge in [0.05, 0.1) is 18.2 Å². The molecule has 0 radical (unpaired) electrons. The Bertz CT molecular complexity index is 1830. The van der Waals surface area contributed by atoms with Crippen molar-refractivity contribution in [1.82, 2.24) is 19.6 Å². The van der Waals surface area contributed by atoms with E-state index in [9.17, 15) is 10.2 Å². The first-order valence-corrected chi connectivity index (χ1v) is 11.7. The molecule has 180 valence electrons. The van der Waals surface area contributed by atoms with E-state index in [1.54, 1.807) is 30.1 Å². The van der Waals surface area contributed by atoms with E-state index in [0.29, 0.717) is 28.7 Å². The molecule has 1 aliphatic heterocycles. The Morgan fingerprint density at radius 1 is 0.946 bits per heavy atom. The van der Waals surface area contributed by atoms with E-state index in [4.69, 9.17) is 14.5 Å². The van der Waals surface area contributed by atoms with Crippen molar-refractivity contribution < 1.29 is 19.7 Å². The van der Waals surface area contributed by atoms with Crippen LogP contribution in [0.4, 0.5) is 0 Å². The van der Waals surface area contributed by atoms with Crippen molar-refractivity contribution in [2.45, 2.75) is 5.92 Å². The van der Waals surface area contributed by atoms with Gasteiger partial charge in [0.2, 0.25) is 5.88 Å². The fraction of sp³-hybridized carbons (Fsp3) is 0.0690. The molecule has 0 bridgehead atoms. The third-order valence-electron chi connectivity index (χ3n) is 6.78. The summed E-state index contributed by atoms with van der Waals surface area (Å²) in [5, 5.41) is 27.4. The van der Waals surface area contributed by atoms with Gasteiger partial charge < -0.3 is 19.7 Å². The zero-order chi connectivity index (χ0) is 25.1. The number of nitrogens with zero attached hydrogens (tertiary/aromatic N) is 4. The second kappa shape index (κ2) is 7.96. The zero-order valence-corrected chi connectivity index (χ0v) is 19.7. The number of benzene rings is 4. The van der Waals surface area contributed by atoms with Crippen LogP contribution in [0.2, 0.25) is 0 Å². The second-order valence-corrected chi connectivity index (χ2v) is 8.88. The SMILES string of the molecule is COc1ccc([C@H]2c3ccc(O)cc3Oc3ncn4nc(-c5ccc6ccccc6c5O)nc4c32)cc1.